The lowest BCUT2D eigenvalue weighted by Gasteiger charge is -2.10. The molecule has 2 rings (SSSR count). The zero-order valence-electron chi connectivity index (χ0n) is 14.7. The number of nitrogens with zero attached hydrogens (tertiary/aromatic N) is 3. The van der Waals surface area contributed by atoms with Crippen LogP contribution in [0.1, 0.15) is 12.2 Å². The summed E-state index contributed by atoms with van der Waals surface area (Å²) in [7, 11) is -2.79. The fourth-order valence-electron chi connectivity index (χ4n) is 1.68. The average molecular weight is 453 g/mol. The fourth-order valence-corrected chi connectivity index (χ4v) is 2.91. The summed E-state index contributed by atoms with van der Waals surface area (Å²) in [6.45, 7) is 0. The molecule has 0 aliphatic rings. The molecule has 0 bridgehead atoms. The molecule has 12 nitrogen and oxygen atoms in total. The van der Waals surface area contributed by atoms with Crippen molar-refractivity contribution in [2.24, 2.45) is 0 Å². The molecule has 0 aliphatic carbocycles. The number of anilines is 1. The molecule has 1 atom stereocenters. The smallest absolute Gasteiger partial charge is 0.346 e. The van der Waals surface area contributed by atoms with Crippen molar-refractivity contribution < 1.29 is 39.4 Å². The number of carbonyl (C=O) groups is 1. The van der Waals surface area contributed by atoms with Gasteiger partial charge in [-0.15, -0.1) is 0 Å². The number of amides is 2. The number of aromatic nitrogens is 3. The number of carbonyl (C=O) groups excluding carboxylic acids is 1. The number of ether oxygens (including phenoxy) is 1. The number of hydrogen-bond acceptors (Lipinski definition) is 10. The van der Waals surface area contributed by atoms with Gasteiger partial charge in [-0.3, -0.25) is 5.32 Å². The Bertz CT molecular complexity index is 1020. The normalized spacial score (nSPS) is 12.3. The van der Waals surface area contributed by atoms with Crippen LogP contribution in [0.5, 0.6) is 11.8 Å². The van der Waals surface area contributed by atoms with Crippen molar-refractivity contribution in [1.29, 1.82) is 0 Å². The highest BCUT2D eigenvalue weighted by Gasteiger charge is 2.19. The molecule has 0 radical (unpaired) electrons. The van der Waals surface area contributed by atoms with Crippen molar-refractivity contribution in [3.05, 3.63) is 30.1 Å². The lowest BCUT2D eigenvalue weighted by atomic mass is 10.3. The Kier molecular flexibility index (Phi) is 7.29. The highest BCUT2D eigenvalue weighted by atomic mass is 32.2. The number of benzene rings is 1. The second-order valence-electron chi connectivity index (χ2n) is 4.91. The number of methoxy groups -OCH3 is 1. The molecule has 16 heteroatoms. The molecular formula is C13H13F2N5O7S2. The van der Waals surface area contributed by atoms with Crippen LogP contribution in [0.2, 0.25) is 0 Å². The summed E-state index contributed by atoms with van der Waals surface area (Å²) in [4.78, 5) is 21.8. The van der Waals surface area contributed by atoms with Gasteiger partial charge in [-0.2, -0.15) is 27.7 Å². The number of halogens is 2. The molecule has 0 aliphatic heterocycles. The van der Waals surface area contributed by atoms with Gasteiger partial charge in [0.1, 0.15) is 4.90 Å². The van der Waals surface area contributed by atoms with Gasteiger partial charge in [-0.1, -0.05) is 12.1 Å². The van der Waals surface area contributed by atoms with Gasteiger partial charge in [0.2, 0.25) is 22.9 Å². The van der Waals surface area contributed by atoms with Crippen LogP contribution in [-0.4, -0.2) is 47.0 Å². The van der Waals surface area contributed by atoms with Crippen molar-refractivity contribution in [3.63, 3.8) is 0 Å². The van der Waals surface area contributed by atoms with E-state index in [4.69, 9.17) is 0 Å². The van der Waals surface area contributed by atoms with Gasteiger partial charge in [-0.25, -0.2) is 23.3 Å². The third kappa shape index (κ3) is 6.84. The third-order valence-corrected chi connectivity index (χ3v) is 4.13. The minimum Gasteiger partial charge on any atom is -0.467 e. The van der Waals surface area contributed by atoms with E-state index >= 15 is 0 Å². The molecule has 1 aromatic heterocycles. The quantitative estimate of drug-likeness (QED) is 0.435. The third-order valence-electron chi connectivity index (χ3n) is 2.72. The average Bonchev–Trinajstić information content (AvgIpc) is 2.65. The predicted octanol–water partition coefficient (Wildman–Crippen LogP) is 0.932. The Balaban J connectivity index is 2.05. The number of rotatable bonds is 8. The van der Waals surface area contributed by atoms with Crippen LogP contribution in [0.4, 0.5) is 19.5 Å². The number of urea groups is 1. The van der Waals surface area contributed by atoms with Gasteiger partial charge in [0.25, 0.3) is 6.43 Å². The largest absolute Gasteiger partial charge is 0.467 e. The van der Waals surface area contributed by atoms with Gasteiger partial charge < -0.3 is 8.92 Å². The van der Waals surface area contributed by atoms with E-state index in [1.165, 1.54) is 24.3 Å². The van der Waals surface area contributed by atoms with E-state index in [0.717, 1.165) is 13.4 Å². The number of alkyl halides is 2. The number of hydroxylamine groups is 1. The molecule has 1 heterocycles. The van der Waals surface area contributed by atoms with Crippen LogP contribution < -0.4 is 19.7 Å². The molecule has 0 saturated heterocycles. The van der Waals surface area contributed by atoms with Gasteiger partial charge in [0.15, 0.2) is 5.75 Å². The van der Waals surface area contributed by atoms with E-state index in [-0.39, 0.29) is 10.6 Å². The summed E-state index contributed by atoms with van der Waals surface area (Å²) < 4.78 is 74.1. The maximum absolute atomic E-state index is 12.7. The molecule has 29 heavy (non-hydrogen) atoms. The number of para-hydroxylation sites is 1. The minimum atomic E-state index is -3.91. The first kappa shape index (κ1) is 22.3. The van der Waals surface area contributed by atoms with Crippen molar-refractivity contribution in [2.75, 3.05) is 18.7 Å². The summed E-state index contributed by atoms with van der Waals surface area (Å²) in [5.74, 6) is -1.80. The first-order chi connectivity index (χ1) is 13.6. The summed E-state index contributed by atoms with van der Waals surface area (Å²) in [6.07, 6.45) is -2.26. The number of hydrogen-bond donors (Lipinski definition) is 2. The Hall–Kier alpha value is -2.98. The summed E-state index contributed by atoms with van der Waals surface area (Å²) in [6, 6.07) is 3.67. The fraction of sp³-hybridized carbons (Fsp3) is 0.231. The standard InChI is InChI=1S/C13H13F2N5O7S2/c1-25-13-17-10(9(14)15)16-11(19-13)18-12(21)20-27-28(22)8-6-4-3-5-7(8)26-29(2,23)24/h3-6,9H,1-2H3,(H2,16,17,18,19,20,21). The Morgan fingerprint density at radius 2 is 1.90 bits per heavy atom. The topological polar surface area (TPSA) is 159 Å². The highest BCUT2D eigenvalue weighted by molar-refractivity contribution is 7.86. The van der Waals surface area contributed by atoms with Crippen molar-refractivity contribution in [3.8, 4) is 11.8 Å². The predicted molar refractivity (Wildman–Crippen MR) is 92.9 cm³/mol. The van der Waals surface area contributed by atoms with Crippen molar-refractivity contribution in [2.45, 2.75) is 11.3 Å². The Morgan fingerprint density at radius 3 is 2.52 bits per heavy atom. The lowest BCUT2D eigenvalue weighted by Crippen LogP contribution is -2.30. The summed E-state index contributed by atoms with van der Waals surface area (Å²) >= 11 is -2.39. The van der Waals surface area contributed by atoms with E-state index in [1.807, 2.05) is 5.32 Å². The van der Waals surface area contributed by atoms with Crippen LogP contribution in [0, 0.1) is 0 Å². The monoisotopic (exact) mass is 453 g/mol. The highest BCUT2D eigenvalue weighted by Crippen LogP contribution is 2.23. The van der Waals surface area contributed by atoms with E-state index in [0.29, 0.717) is 0 Å². The molecule has 0 fully saturated rings. The molecular weight excluding hydrogens is 440 g/mol. The van der Waals surface area contributed by atoms with Gasteiger partial charge in [0.05, 0.1) is 13.4 Å². The number of nitrogens with one attached hydrogen (secondary N) is 2. The second-order valence-corrected chi connectivity index (χ2v) is 7.56. The molecule has 1 aromatic carbocycles. The summed E-state index contributed by atoms with van der Waals surface area (Å²) in [5.41, 5.74) is 1.72. The van der Waals surface area contributed by atoms with Gasteiger partial charge in [-0.05, 0) is 12.1 Å². The Morgan fingerprint density at radius 1 is 1.21 bits per heavy atom. The van der Waals surface area contributed by atoms with E-state index < -0.39 is 51.4 Å². The zero-order valence-corrected chi connectivity index (χ0v) is 16.3. The maximum atomic E-state index is 12.7. The van der Waals surface area contributed by atoms with E-state index in [2.05, 4.69) is 28.2 Å². The maximum Gasteiger partial charge on any atom is 0.346 e. The van der Waals surface area contributed by atoms with Crippen LogP contribution >= 0.6 is 0 Å². The van der Waals surface area contributed by atoms with E-state index in [1.54, 1.807) is 5.48 Å². The Labute approximate surface area is 165 Å². The van der Waals surface area contributed by atoms with Crippen LogP contribution in [0.15, 0.2) is 29.2 Å². The first-order valence-electron chi connectivity index (χ1n) is 7.31. The van der Waals surface area contributed by atoms with Gasteiger partial charge >= 0.3 is 22.2 Å². The first-order valence-corrected chi connectivity index (χ1v) is 10.2. The zero-order chi connectivity index (χ0) is 21.6. The van der Waals surface area contributed by atoms with Crippen LogP contribution in [-0.2, 0) is 25.5 Å². The molecule has 0 spiro atoms. The van der Waals surface area contributed by atoms with Crippen LogP contribution in [0.25, 0.3) is 0 Å². The van der Waals surface area contributed by atoms with E-state index in [9.17, 15) is 26.2 Å². The molecule has 0 saturated carbocycles. The molecule has 2 aromatic rings. The minimum absolute atomic E-state index is 0.194. The van der Waals surface area contributed by atoms with Crippen molar-refractivity contribution >= 4 is 33.2 Å². The SMILES string of the molecule is COc1nc(NC(=O)NOS(=O)c2ccccc2OS(C)(=O)=O)nc(C(F)F)n1. The summed E-state index contributed by atoms with van der Waals surface area (Å²) in [5, 5.41) is 1.96. The second kappa shape index (κ2) is 9.48. The van der Waals surface area contributed by atoms with Crippen LogP contribution in [0.3, 0.4) is 0 Å². The van der Waals surface area contributed by atoms with Crippen molar-refractivity contribution in [1.82, 2.24) is 20.4 Å². The molecule has 2 N–H and O–H groups in total. The molecule has 1 unspecified atom stereocenters. The lowest BCUT2D eigenvalue weighted by molar-refractivity contribution is 0.138. The van der Waals surface area contributed by atoms with Gasteiger partial charge in [0, 0.05) is 0 Å². The molecule has 158 valence electrons. The molecule has 2 amide bonds.